The van der Waals surface area contributed by atoms with E-state index in [2.05, 4.69) is 20.9 Å². The van der Waals surface area contributed by atoms with E-state index >= 15 is 0 Å². The second kappa shape index (κ2) is 2.96. The Balaban J connectivity index is 2.92. The summed E-state index contributed by atoms with van der Waals surface area (Å²) in [6.07, 6.45) is 1.61. The van der Waals surface area contributed by atoms with Crippen LogP contribution in [0.3, 0.4) is 0 Å². The third-order valence-electron chi connectivity index (χ3n) is 1.83. The lowest BCUT2D eigenvalue weighted by atomic mass is 10.1. The van der Waals surface area contributed by atoms with Crippen LogP contribution in [0.15, 0.2) is 28.9 Å². The van der Waals surface area contributed by atoms with Crippen LogP contribution in [0.1, 0.15) is 0 Å². The van der Waals surface area contributed by atoms with Crippen molar-refractivity contribution in [3.63, 3.8) is 0 Å². The van der Waals surface area contributed by atoms with Crippen LogP contribution in [0.4, 0.5) is 10.2 Å². The minimum absolute atomic E-state index is 0.306. The number of rotatable bonds is 0. The Morgan fingerprint density at radius 1 is 1.31 bits per heavy atom. The maximum absolute atomic E-state index is 12.8. The van der Waals surface area contributed by atoms with E-state index in [1.807, 2.05) is 0 Å². The molecule has 1 aromatic heterocycles. The first kappa shape index (κ1) is 8.44. The molecule has 0 aliphatic heterocycles. The molecule has 2 nitrogen and oxygen atoms in total. The molecule has 2 rings (SSSR count). The highest BCUT2D eigenvalue weighted by Gasteiger charge is 2.03. The van der Waals surface area contributed by atoms with Gasteiger partial charge in [-0.3, -0.25) is 0 Å². The number of aromatic nitrogens is 1. The van der Waals surface area contributed by atoms with Gasteiger partial charge < -0.3 is 5.73 Å². The number of nitrogens with two attached hydrogens (primary N) is 1. The van der Waals surface area contributed by atoms with Gasteiger partial charge >= 0.3 is 0 Å². The van der Waals surface area contributed by atoms with Crippen molar-refractivity contribution < 1.29 is 4.39 Å². The number of fused-ring (bicyclic) bond motifs is 1. The minimum Gasteiger partial charge on any atom is -0.383 e. The van der Waals surface area contributed by atoms with Crippen molar-refractivity contribution in [3.8, 4) is 0 Å². The highest BCUT2D eigenvalue weighted by atomic mass is 79.9. The largest absolute Gasteiger partial charge is 0.383 e. The molecule has 1 aromatic carbocycles. The van der Waals surface area contributed by atoms with Crippen LogP contribution >= 0.6 is 15.9 Å². The van der Waals surface area contributed by atoms with Crippen molar-refractivity contribution in [2.45, 2.75) is 0 Å². The summed E-state index contributed by atoms with van der Waals surface area (Å²) in [6.45, 7) is 0. The molecule has 0 unspecified atom stereocenters. The van der Waals surface area contributed by atoms with Crippen molar-refractivity contribution in [1.29, 1.82) is 0 Å². The van der Waals surface area contributed by atoms with Gasteiger partial charge in [0.2, 0.25) is 0 Å². The molecule has 2 aromatic rings. The fraction of sp³-hybridized carbons (Fsp3) is 0. The predicted molar refractivity (Wildman–Crippen MR) is 53.8 cm³/mol. The Kier molecular flexibility index (Phi) is 1.92. The van der Waals surface area contributed by atoms with Crippen LogP contribution in [-0.4, -0.2) is 4.98 Å². The summed E-state index contributed by atoms with van der Waals surface area (Å²) in [5.74, 6) is 0.0387. The molecule has 0 aliphatic carbocycles. The van der Waals surface area contributed by atoms with E-state index < -0.39 is 0 Å². The third kappa shape index (κ3) is 1.37. The molecule has 0 amide bonds. The molecule has 13 heavy (non-hydrogen) atoms. The van der Waals surface area contributed by atoms with Crippen LogP contribution < -0.4 is 5.73 Å². The first-order valence-corrected chi connectivity index (χ1v) is 4.47. The van der Waals surface area contributed by atoms with Gasteiger partial charge in [0.25, 0.3) is 0 Å². The predicted octanol–water partition coefficient (Wildman–Crippen LogP) is 2.72. The van der Waals surface area contributed by atoms with Crippen molar-refractivity contribution in [1.82, 2.24) is 4.98 Å². The van der Waals surface area contributed by atoms with Crippen LogP contribution in [0.2, 0.25) is 0 Å². The van der Waals surface area contributed by atoms with E-state index in [0.29, 0.717) is 11.2 Å². The average molecular weight is 241 g/mol. The van der Waals surface area contributed by atoms with Gasteiger partial charge in [-0.25, -0.2) is 9.37 Å². The molecule has 0 radical (unpaired) electrons. The number of nitrogen functional groups attached to an aromatic ring is 1. The summed E-state index contributed by atoms with van der Waals surface area (Å²) in [5.41, 5.74) is 5.60. The molecule has 1 heterocycles. The standard InChI is InChI=1S/C9H6BrFN2/c10-8-4-13-9(12)7-3-5(11)1-2-6(7)8/h1-4H,(H2,12,13). The van der Waals surface area contributed by atoms with Crippen LogP contribution in [-0.2, 0) is 0 Å². The number of hydrogen-bond donors (Lipinski definition) is 1. The van der Waals surface area contributed by atoms with Crippen molar-refractivity contribution in [2.24, 2.45) is 0 Å². The van der Waals surface area contributed by atoms with Crippen molar-refractivity contribution in [3.05, 3.63) is 34.7 Å². The van der Waals surface area contributed by atoms with Gasteiger partial charge in [0.1, 0.15) is 11.6 Å². The Hall–Kier alpha value is -1.16. The Labute approximate surface area is 82.7 Å². The lowest BCUT2D eigenvalue weighted by molar-refractivity contribution is 0.629. The molecule has 0 saturated carbocycles. The Morgan fingerprint density at radius 2 is 2.08 bits per heavy atom. The number of anilines is 1. The summed E-state index contributed by atoms with van der Waals surface area (Å²) in [5, 5.41) is 1.50. The Bertz CT molecular complexity index is 470. The summed E-state index contributed by atoms with van der Waals surface area (Å²) in [4.78, 5) is 3.91. The van der Waals surface area contributed by atoms with Gasteiger partial charge in [0.05, 0.1) is 0 Å². The lowest BCUT2D eigenvalue weighted by Crippen LogP contribution is -1.92. The number of pyridine rings is 1. The number of halogens is 2. The van der Waals surface area contributed by atoms with E-state index in [4.69, 9.17) is 5.73 Å². The summed E-state index contributed by atoms with van der Waals surface area (Å²) >= 11 is 3.32. The first-order chi connectivity index (χ1) is 6.18. The van der Waals surface area contributed by atoms with Crippen LogP contribution in [0.5, 0.6) is 0 Å². The SMILES string of the molecule is Nc1ncc(Br)c2ccc(F)cc12. The quantitative estimate of drug-likeness (QED) is 0.770. The van der Waals surface area contributed by atoms with Gasteiger partial charge in [-0.15, -0.1) is 0 Å². The number of nitrogens with zero attached hydrogens (tertiary/aromatic N) is 1. The molecule has 0 spiro atoms. The fourth-order valence-electron chi connectivity index (χ4n) is 1.20. The third-order valence-corrected chi connectivity index (χ3v) is 2.46. The molecule has 0 bridgehead atoms. The van der Waals surface area contributed by atoms with Gasteiger partial charge in [0, 0.05) is 21.4 Å². The molecule has 4 heteroatoms. The molecule has 0 atom stereocenters. The molecule has 0 saturated heterocycles. The second-order valence-corrected chi connectivity index (χ2v) is 3.54. The topological polar surface area (TPSA) is 38.9 Å². The smallest absolute Gasteiger partial charge is 0.131 e. The Morgan fingerprint density at radius 3 is 2.85 bits per heavy atom. The second-order valence-electron chi connectivity index (χ2n) is 2.68. The van der Waals surface area contributed by atoms with Crippen molar-refractivity contribution >= 4 is 32.5 Å². The summed E-state index contributed by atoms with van der Waals surface area (Å²) in [6, 6.07) is 4.45. The molecule has 0 aliphatic rings. The fourth-order valence-corrected chi connectivity index (χ4v) is 1.65. The maximum Gasteiger partial charge on any atom is 0.131 e. The zero-order chi connectivity index (χ0) is 9.42. The molecular formula is C9H6BrFN2. The first-order valence-electron chi connectivity index (χ1n) is 3.68. The molecule has 0 fully saturated rings. The number of benzene rings is 1. The van der Waals surface area contributed by atoms with Gasteiger partial charge in [-0.1, -0.05) is 6.07 Å². The summed E-state index contributed by atoms with van der Waals surface area (Å²) in [7, 11) is 0. The van der Waals surface area contributed by atoms with E-state index in [9.17, 15) is 4.39 Å². The van der Waals surface area contributed by atoms with Crippen LogP contribution in [0, 0.1) is 5.82 Å². The lowest BCUT2D eigenvalue weighted by Gasteiger charge is -2.02. The maximum atomic E-state index is 12.8. The monoisotopic (exact) mass is 240 g/mol. The van der Waals surface area contributed by atoms with Gasteiger partial charge in [-0.05, 0) is 28.1 Å². The molecular weight excluding hydrogens is 235 g/mol. The van der Waals surface area contributed by atoms with Crippen LogP contribution in [0.25, 0.3) is 10.8 Å². The molecule has 66 valence electrons. The summed E-state index contributed by atoms with van der Waals surface area (Å²) < 4.78 is 13.7. The van der Waals surface area contributed by atoms with E-state index in [1.54, 1.807) is 12.3 Å². The highest BCUT2D eigenvalue weighted by molar-refractivity contribution is 9.10. The van der Waals surface area contributed by atoms with E-state index in [-0.39, 0.29) is 5.82 Å². The van der Waals surface area contributed by atoms with E-state index in [0.717, 1.165) is 9.86 Å². The molecule has 2 N–H and O–H groups in total. The zero-order valence-corrected chi connectivity index (χ0v) is 8.18. The van der Waals surface area contributed by atoms with Crippen molar-refractivity contribution in [2.75, 3.05) is 5.73 Å². The van der Waals surface area contributed by atoms with Gasteiger partial charge in [0.15, 0.2) is 0 Å². The normalized spacial score (nSPS) is 10.6. The average Bonchev–Trinajstić information content (AvgIpc) is 2.12. The van der Waals surface area contributed by atoms with Gasteiger partial charge in [-0.2, -0.15) is 0 Å². The minimum atomic E-state index is -0.306. The highest BCUT2D eigenvalue weighted by Crippen LogP contribution is 2.26. The van der Waals surface area contributed by atoms with E-state index in [1.165, 1.54) is 12.1 Å². The number of hydrogen-bond acceptors (Lipinski definition) is 2. The zero-order valence-electron chi connectivity index (χ0n) is 6.59.